The van der Waals surface area contributed by atoms with Gasteiger partial charge in [0.1, 0.15) is 0 Å². The number of nitrogens with one attached hydrogen (secondary N) is 1. The zero-order valence-electron chi connectivity index (χ0n) is 12.8. The lowest BCUT2D eigenvalue weighted by Crippen LogP contribution is -2.25. The van der Waals surface area contributed by atoms with Crippen LogP contribution < -0.4 is 4.72 Å². The number of sulfonamides is 1. The van der Waals surface area contributed by atoms with Crippen molar-refractivity contribution in [2.24, 2.45) is 0 Å². The molecule has 0 saturated carbocycles. The van der Waals surface area contributed by atoms with Crippen molar-refractivity contribution < 1.29 is 13.2 Å². The highest BCUT2D eigenvalue weighted by Crippen LogP contribution is 2.13. The number of carbonyl (C=O) groups is 1. The number of hydrogen-bond acceptors (Lipinski definition) is 3. The van der Waals surface area contributed by atoms with Crippen molar-refractivity contribution in [3.8, 4) is 0 Å². The Kier molecular flexibility index (Phi) is 5.93. The van der Waals surface area contributed by atoms with Gasteiger partial charge in [0, 0.05) is 17.1 Å². The molecule has 0 amide bonds. The fourth-order valence-corrected chi connectivity index (χ4v) is 3.43. The van der Waals surface area contributed by atoms with Crippen molar-refractivity contribution in [2.75, 3.05) is 6.54 Å². The Balaban J connectivity index is 1.90. The maximum Gasteiger partial charge on any atom is 0.240 e. The van der Waals surface area contributed by atoms with Gasteiger partial charge in [-0.25, -0.2) is 13.1 Å². The van der Waals surface area contributed by atoms with E-state index in [1.165, 1.54) is 31.2 Å². The van der Waals surface area contributed by atoms with Crippen LogP contribution in [0.3, 0.4) is 0 Å². The highest BCUT2D eigenvalue weighted by atomic mass is 35.5. The predicted octanol–water partition coefficient (Wildman–Crippen LogP) is 3.45. The number of halogens is 1. The summed E-state index contributed by atoms with van der Waals surface area (Å²) in [5, 5.41) is 0.675. The van der Waals surface area contributed by atoms with Crippen molar-refractivity contribution in [1.82, 2.24) is 4.72 Å². The smallest absolute Gasteiger partial charge is 0.240 e. The van der Waals surface area contributed by atoms with Gasteiger partial charge in [0.15, 0.2) is 5.78 Å². The van der Waals surface area contributed by atoms with Crippen molar-refractivity contribution in [2.45, 2.75) is 24.7 Å². The summed E-state index contributed by atoms with van der Waals surface area (Å²) in [5.74, 6) is -0.0940. The van der Waals surface area contributed by atoms with E-state index in [-0.39, 0.29) is 10.7 Å². The molecule has 2 aromatic carbocycles. The quantitative estimate of drug-likeness (QED) is 0.613. The topological polar surface area (TPSA) is 63.2 Å². The molecular weight excluding hydrogens is 334 g/mol. The van der Waals surface area contributed by atoms with Gasteiger partial charge in [0.25, 0.3) is 0 Å². The molecule has 0 atom stereocenters. The zero-order valence-corrected chi connectivity index (χ0v) is 14.3. The Morgan fingerprint density at radius 1 is 1.13 bits per heavy atom. The van der Waals surface area contributed by atoms with Crippen LogP contribution in [0.5, 0.6) is 0 Å². The molecule has 0 saturated heterocycles. The van der Waals surface area contributed by atoms with Crippen molar-refractivity contribution in [3.63, 3.8) is 0 Å². The Hall–Kier alpha value is -1.69. The minimum Gasteiger partial charge on any atom is -0.295 e. The number of ketones is 1. The summed E-state index contributed by atoms with van der Waals surface area (Å²) >= 11 is 5.91. The Morgan fingerprint density at radius 2 is 1.83 bits per heavy atom. The second kappa shape index (κ2) is 7.73. The first kappa shape index (κ1) is 17.7. The lowest BCUT2D eigenvalue weighted by Gasteiger charge is -2.07. The van der Waals surface area contributed by atoms with E-state index in [0.29, 0.717) is 23.6 Å². The third-order valence-corrected chi connectivity index (χ3v) is 5.11. The molecule has 0 aliphatic heterocycles. The van der Waals surface area contributed by atoms with Crippen LogP contribution in [0.2, 0.25) is 5.02 Å². The lowest BCUT2D eigenvalue weighted by molar-refractivity contribution is 0.101. The largest absolute Gasteiger partial charge is 0.295 e. The molecular formula is C17H18ClNO3S. The van der Waals surface area contributed by atoms with Gasteiger partial charge in [-0.1, -0.05) is 35.9 Å². The number of aryl methyl sites for hydroxylation is 1. The normalized spacial score (nSPS) is 11.4. The number of carbonyl (C=O) groups excluding carboxylic acids is 1. The molecule has 0 aromatic heterocycles. The molecule has 0 aliphatic carbocycles. The maximum absolute atomic E-state index is 12.2. The van der Waals surface area contributed by atoms with Crippen LogP contribution in [0.15, 0.2) is 53.4 Å². The Labute approximate surface area is 141 Å². The number of Topliss-reactive ketones (excluding diaryl/α,β-unsaturated/α-hetero) is 1. The minimum absolute atomic E-state index is 0.0940. The summed E-state index contributed by atoms with van der Waals surface area (Å²) in [7, 11) is -3.55. The summed E-state index contributed by atoms with van der Waals surface area (Å²) < 4.78 is 26.9. The standard InChI is InChI=1S/C17H18ClNO3S/c1-13(20)15-7-9-17(10-8-15)23(21,22)19-11-3-5-14-4-2-6-16(18)12-14/h2,4,6-10,12,19H,3,5,11H2,1H3. The van der Waals surface area contributed by atoms with Gasteiger partial charge in [-0.05, 0) is 49.6 Å². The van der Waals surface area contributed by atoms with E-state index in [9.17, 15) is 13.2 Å². The van der Waals surface area contributed by atoms with Gasteiger partial charge in [0.05, 0.1) is 4.90 Å². The fraction of sp³-hybridized carbons (Fsp3) is 0.235. The van der Waals surface area contributed by atoms with Crippen LogP contribution in [0, 0.1) is 0 Å². The lowest BCUT2D eigenvalue weighted by atomic mass is 10.1. The van der Waals surface area contributed by atoms with E-state index in [2.05, 4.69) is 4.72 Å². The zero-order chi connectivity index (χ0) is 16.9. The second-order valence-corrected chi connectivity index (χ2v) is 7.42. The second-order valence-electron chi connectivity index (χ2n) is 5.21. The van der Waals surface area contributed by atoms with Crippen molar-refractivity contribution in [3.05, 3.63) is 64.7 Å². The highest BCUT2D eigenvalue weighted by molar-refractivity contribution is 7.89. The van der Waals surface area contributed by atoms with E-state index < -0.39 is 10.0 Å². The molecule has 0 aliphatic rings. The summed E-state index contributed by atoms with van der Waals surface area (Å²) in [6, 6.07) is 13.4. The Bertz CT molecular complexity index is 786. The van der Waals surface area contributed by atoms with Gasteiger partial charge in [-0.2, -0.15) is 0 Å². The van der Waals surface area contributed by atoms with Crippen LogP contribution in [-0.2, 0) is 16.4 Å². The molecule has 0 fully saturated rings. The van der Waals surface area contributed by atoms with E-state index in [0.717, 1.165) is 12.0 Å². The van der Waals surface area contributed by atoms with E-state index >= 15 is 0 Å². The molecule has 0 unspecified atom stereocenters. The van der Waals surface area contributed by atoms with Crippen LogP contribution in [-0.4, -0.2) is 20.7 Å². The van der Waals surface area contributed by atoms with Gasteiger partial charge < -0.3 is 0 Å². The summed E-state index contributed by atoms with van der Waals surface area (Å²) in [4.78, 5) is 11.4. The van der Waals surface area contributed by atoms with Gasteiger partial charge in [-0.15, -0.1) is 0 Å². The third-order valence-electron chi connectivity index (χ3n) is 3.39. The summed E-state index contributed by atoms with van der Waals surface area (Å²) in [6.45, 7) is 1.78. The summed E-state index contributed by atoms with van der Waals surface area (Å²) in [5.41, 5.74) is 1.56. The Morgan fingerprint density at radius 3 is 2.43 bits per heavy atom. The fourth-order valence-electron chi connectivity index (χ4n) is 2.14. The first-order chi connectivity index (χ1) is 10.9. The van der Waals surface area contributed by atoms with Crippen LogP contribution in [0.25, 0.3) is 0 Å². The van der Waals surface area contributed by atoms with Crippen LogP contribution in [0.1, 0.15) is 29.3 Å². The van der Waals surface area contributed by atoms with Gasteiger partial charge in [-0.3, -0.25) is 4.79 Å². The highest BCUT2D eigenvalue weighted by Gasteiger charge is 2.13. The maximum atomic E-state index is 12.2. The van der Waals surface area contributed by atoms with Crippen molar-refractivity contribution >= 4 is 27.4 Å². The average molecular weight is 352 g/mol. The SMILES string of the molecule is CC(=O)c1ccc(S(=O)(=O)NCCCc2cccc(Cl)c2)cc1. The van der Waals surface area contributed by atoms with E-state index in [1.54, 1.807) is 6.07 Å². The number of hydrogen-bond donors (Lipinski definition) is 1. The van der Waals surface area contributed by atoms with Crippen LogP contribution >= 0.6 is 11.6 Å². The monoisotopic (exact) mass is 351 g/mol. The molecule has 0 heterocycles. The number of rotatable bonds is 7. The molecule has 2 rings (SSSR count). The molecule has 1 N–H and O–H groups in total. The van der Waals surface area contributed by atoms with Gasteiger partial charge >= 0.3 is 0 Å². The molecule has 2 aromatic rings. The van der Waals surface area contributed by atoms with E-state index in [1.807, 2.05) is 18.2 Å². The average Bonchev–Trinajstić information content (AvgIpc) is 2.52. The molecule has 0 radical (unpaired) electrons. The molecule has 0 spiro atoms. The predicted molar refractivity (Wildman–Crippen MR) is 91.4 cm³/mol. The van der Waals surface area contributed by atoms with E-state index in [4.69, 9.17) is 11.6 Å². The first-order valence-corrected chi connectivity index (χ1v) is 9.10. The minimum atomic E-state index is -3.55. The third kappa shape index (κ3) is 5.16. The van der Waals surface area contributed by atoms with Gasteiger partial charge in [0.2, 0.25) is 10.0 Å². The molecule has 122 valence electrons. The summed E-state index contributed by atoms with van der Waals surface area (Å²) in [6.07, 6.45) is 1.41. The van der Waals surface area contributed by atoms with Crippen LogP contribution in [0.4, 0.5) is 0 Å². The molecule has 4 nitrogen and oxygen atoms in total. The number of benzene rings is 2. The van der Waals surface area contributed by atoms with Crippen molar-refractivity contribution in [1.29, 1.82) is 0 Å². The first-order valence-electron chi connectivity index (χ1n) is 7.23. The molecule has 0 bridgehead atoms. The molecule has 23 heavy (non-hydrogen) atoms. The molecule has 6 heteroatoms.